The Labute approximate surface area is 221 Å². The molecular formula is C33H36N4. The lowest BCUT2D eigenvalue weighted by molar-refractivity contribution is 0.350. The fraction of sp³-hybridized carbons (Fsp3) is 0.121. The van der Waals surface area contributed by atoms with Crippen LogP contribution in [0.3, 0.4) is 0 Å². The van der Waals surface area contributed by atoms with Gasteiger partial charge < -0.3 is 16.4 Å². The van der Waals surface area contributed by atoms with Gasteiger partial charge in [-0.2, -0.15) is 0 Å². The van der Waals surface area contributed by atoms with Gasteiger partial charge in [0, 0.05) is 19.3 Å². The Hall–Kier alpha value is -4.57. The second-order valence-electron chi connectivity index (χ2n) is 8.74. The van der Waals surface area contributed by atoms with Crippen LogP contribution in [0.25, 0.3) is 0 Å². The molecule has 4 aromatic carbocycles. The van der Waals surface area contributed by atoms with Crippen molar-refractivity contribution in [2.75, 3.05) is 7.05 Å². The fourth-order valence-corrected chi connectivity index (χ4v) is 4.51. The third-order valence-electron chi connectivity index (χ3n) is 6.19. The highest BCUT2D eigenvalue weighted by atomic mass is 15.1. The number of hydrogen-bond acceptors (Lipinski definition) is 3. The fourth-order valence-electron chi connectivity index (χ4n) is 4.51. The number of hydrogen-bond donors (Lipinski definition) is 2. The molecule has 0 aliphatic heterocycles. The molecule has 0 aliphatic carbocycles. The van der Waals surface area contributed by atoms with Gasteiger partial charge in [0.1, 0.15) is 0 Å². The van der Waals surface area contributed by atoms with Crippen molar-refractivity contribution in [3.8, 4) is 0 Å². The van der Waals surface area contributed by atoms with Crippen LogP contribution in [-0.2, 0) is 18.5 Å². The second kappa shape index (κ2) is 13.5. The smallest absolute Gasteiger partial charge is 0.151 e. The summed E-state index contributed by atoms with van der Waals surface area (Å²) in [5.41, 5.74) is 16.5. The molecule has 188 valence electrons. The molecule has 0 aromatic heterocycles. The van der Waals surface area contributed by atoms with Gasteiger partial charge in [0.25, 0.3) is 0 Å². The molecule has 0 saturated carbocycles. The van der Waals surface area contributed by atoms with E-state index in [0.29, 0.717) is 6.54 Å². The Balaban J connectivity index is 0.00000121. The molecule has 0 saturated heterocycles. The van der Waals surface area contributed by atoms with Crippen LogP contribution < -0.4 is 11.5 Å². The molecule has 0 bridgehead atoms. The van der Waals surface area contributed by atoms with Crippen molar-refractivity contribution in [1.29, 1.82) is 0 Å². The first-order valence-corrected chi connectivity index (χ1v) is 12.3. The quantitative estimate of drug-likeness (QED) is 0.216. The van der Waals surface area contributed by atoms with E-state index in [9.17, 15) is 0 Å². The number of rotatable bonds is 9. The van der Waals surface area contributed by atoms with E-state index in [0.717, 1.165) is 23.2 Å². The molecule has 0 amide bonds. The van der Waals surface area contributed by atoms with Crippen molar-refractivity contribution < 1.29 is 0 Å². The molecule has 0 radical (unpaired) electrons. The van der Waals surface area contributed by atoms with Crippen molar-refractivity contribution >= 4 is 6.34 Å². The van der Waals surface area contributed by atoms with Gasteiger partial charge in [0.05, 0.1) is 6.34 Å². The summed E-state index contributed by atoms with van der Waals surface area (Å²) in [5, 5.41) is 0. The summed E-state index contributed by atoms with van der Waals surface area (Å²) in [6.45, 7) is 8.39. The summed E-state index contributed by atoms with van der Waals surface area (Å²) in [6, 6.07) is 39.8. The largest absolute Gasteiger partial charge is 0.405 e. The Morgan fingerprint density at radius 2 is 1.22 bits per heavy atom. The molecule has 4 heteroatoms. The molecular weight excluding hydrogens is 452 g/mol. The normalized spacial score (nSPS) is 10.8. The lowest BCUT2D eigenvalue weighted by atomic mass is 9.80. The Kier molecular flexibility index (Phi) is 9.86. The highest BCUT2D eigenvalue weighted by molar-refractivity contribution is 5.58. The van der Waals surface area contributed by atoms with Crippen molar-refractivity contribution in [3.63, 3.8) is 0 Å². The molecule has 0 fully saturated rings. The topological polar surface area (TPSA) is 67.6 Å². The van der Waals surface area contributed by atoms with Crippen LogP contribution in [0.5, 0.6) is 0 Å². The lowest BCUT2D eigenvalue weighted by Crippen LogP contribution is -2.36. The SMILES string of the molecule is C=C(N(C)Cc1cccc(Cc2ccccc2)c1)C(N=CN)(c1ccccc1)c1ccccc1.C=CN. The van der Waals surface area contributed by atoms with Crippen LogP contribution in [0.4, 0.5) is 0 Å². The zero-order valence-corrected chi connectivity index (χ0v) is 21.5. The maximum Gasteiger partial charge on any atom is 0.151 e. The standard InChI is InChI=1S/C31H31N3.C2H5N/c1-25(31(33-24-32,29-17-8-4-9-18-29)30-19-10-5-11-20-30)34(2)23-28-16-12-15-27(22-28)21-26-13-6-3-7-14-26;1-2-3/h3-20,22,24H,1,21,23H2,2H3,(H2,32,33);2H,1,3H2. The average Bonchev–Trinajstić information content (AvgIpc) is 2.93. The number of nitrogens with zero attached hydrogens (tertiary/aromatic N) is 2. The summed E-state index contributed by atoms with van der Waals surface area (Å²) in [6.07, 6.45) is 3.55. The predicted octanol–water partition coefficient (Wildman–Crippen LogP) is 6.24. The van der Waals surface area contributed by atoms with Crippen LogP contribution in [0.2, 0.25) is 0 Å². The van der Waals surface area contributed by atoms with E-state index in [1.807, 2.05) is 36.4 Å². The molecule has 4 nitrogen and oxygen atoms in total. The highest BCUT2D eigenvalue weighted by Gasteiger charge is 2.38. The second-order valence-corrected chi connectivity index (χ2v) is 8.74. The minimum atomic E-state index is -0.812. The summed E-state index contributed by atoms with van der Waals surface area (Å²) in [5.74, 6) is 0. The van der Waals surface area contributed by atoms with Crippen LogP contribution in [0.1, 0.15) is 27.8 Å². The first kappa shape index (κ1) is 27.0. The molecule has 37 heavy (non-hydrogen) atoms. The molecule has 4 N–H and O–H groups in total. The molecule has 0 aliphatic rings. The zero-order valence-electron chi connectivity index (χ0n) is 21.5. The van der Waals surface area contributed by atoms with Crippen molar-refractivity contribution in [2.24, 2.45) is 16.5 Å². The highest BCUT2D eigenvalue weighted by Crippen LogP contribution is 2.41. The molecule has 4 aromatic rings. The van der Waals surface area contributed by atoms with Crippen molar-refractivity contribution in [3.05, 3.63) is 168 Å². The third kappa shape index (κ3) is 6.77. The summed E-state index contributed by atoms with van der Waals surface area (Å²) < 4.78 is 0. The number of nitrogens with two attached hydrogens (primary N) is 2. The van der Waals surface area contributed by atoms with Crippen LogP contribution >= 0.6 is 0 Å². The molecule has 0 unspecified atom stereocenters. The molecule has 4 rings (SSSR count). The van der Waals surface area contributed by atoms with Gasteiger partial charge in [-0.25, -0.2) is 0 Å². The van der Waals surface area contributed by atoms with E-state index in [1.165, 1.54) is 29.2 Å². The Morgan fingerprint density at radius 3 is 1.73 bits per heavy atom. The predicted molar refractivity (Wildman–Crippen MR) is 157 cm³/mol. The lowest BCUT2D eigenvalue weighted by Gasteiger charge is -2.38. The minimum Gasteiger partial charge on any atom is -0.405 e. The first-order valence-electron chi connectivity index (χ1n) is 12.3. The summed E-state index contributed by atoms with van der Waals surface area (Å²) in [7, 11) is 2.07. The summed E-state index contributed by atoms with van der Waals surface area (Å²) >= 11 is 0. The summed E-state index contributed by atoms with van der Waals surface area (Å²) in [4.78, 5) is 7.02. The van der Waals surface area contributed by atoms with Crippen molar-refractivity contribution in [2.45, 2.75) is 18.5 Å². The van der Waals surface area contributed by atoms with Gasteiger partial charge in [0.15, 0.2) is 5.54 Å². The Morgan fingerprint density at radius 1 is 0.757 bits per heavy atom. The number of benzene rings is 4. The van der Waals surface area contributed by atoms with Crippen LogP contribution in [-0.4, -0.2) is 18.3 Å². The molecule has 0 spiro atoms. The van der Waals surface area contributed by atoms with E-state index in [-0.39, 0.29) is 0 Å². The molecule has 0 atom stereocenters. The van der Waals surface area contributed by atoms with Gasteiger partial charge in [-0.15, -0.1) is 0 Å². The van der Waals surface area contributed by atoms with Crippen LogP contribution in [0, 0.1) is 0 Å². The van der Waals surface area contributed by atoms with Gasteiger partial charge in [-0.3, -0.25) is 4.99 Å². The van der Waals surface area contributed by atoms with Gasteiger partial charge in [0.2, 0.25) is 0 Å². The number of likely N-dealkylation sites (N-methyl/N-ethyl adjacent to an activating group) is 1. The third-order valence-corrected chi connectivity index (χ3v) is 6.19. The van der Waals surface area contributed by atoms with E-state index >= 15 is 0 Å². The monoisotopic (exact) mass is 488 g/mol. The maximum atomic E-state index is 5.92. The zero-order chi connectivity index (χ0) is 26.5. The van der Waals surface area contributed by atoms with Crippen molar-refractivity contribution in [1.82, 2.24) is 4.90 Å². The van der Waals surface area contributed by atoms with E-state index in [1.54, 1.807) is 0 Å². The Bertz CT molecular complexity index is 1240. The van der Waals surface area contributed by atoms with Gasteiger partial charge >= 0.3 is 0 Å². The van der Waals surface area contributed by atoms with E-state index in [2.05, 4.69) is 110 Å². The number of aliphatic imine (C=N–C) groups is 1. The average molecular weight is 489 g/mol. The first-order chi connectivity index (χ1) is 18.0. The van der Waals surface area contributed by atoms with Gasteiger partial charge in [-0.1, -0.05) is 128 Å². The minimum absolute atomic E-state index is 0.711. The van der Waals surface area contributed by atoms with Crippen LogP contribution in [0.15, 0.2) is 145 Å². The van der Waals surface area contributed by atoms with E-state index < -0.39 is 5.54 Å². The van der Waals surface area contributed by atoms with Gasteiger partial charge in [-0.05, 0) is 40.4 Å². The molecule has 0 heterocycles. The maximum absolute atomic E-state index is 5.92. The van der Waals surface area contributed by atoms with E-state index in [4.69, 9.17) is 10.7 Å².